The predicted octanol–water partition coefficient (Wildman–Crippen LogP) is 4.54. The van der Waals surface area contributed by atoms with Crippen LogP contribution >= 0.6 is 0 Å². The smallest absolute Gasteiger partial charge is 0.161 e. The van der Waals surface area contributed by atoms with Crippen LogP contribution in [0.3, 0.4) is 0 Å². The zero-order valence-corrected chi connectivity index (χ0v) is 13.9. The molecule has 0 bridgehead atoms. The van der Waals surface area contributed by atoms with Crippen molar-refractivity contribution in [2.45, 2.75) is 58.9 Å². The number of ether oxygens (including phenoxy) is 2. The van der Waals surface area contributed by atoms with Gasteiger partial charge in [-0.05, 0) is 38.1 Å². The Labute approximate surface area is 130 Å². The number of rotatable bonds is 12. The lowest BCUT2D eigenvalue weighted by atomic mass is 10.1. The molecule has 1 N–H and O–H groups in total. The summed E-state index contributed by atoms with van der Waals surface area (Å²) < 4.78 is 11.6. The number of hydrogen-bond acceptors (Lipinski definition) is 3. The van der Waals surface area contributed by atoms with Gasteiger partial charge in [-0.3, -0.25) is 0 Å². The Balaban J connectivity index is 2.38. The third kappa shape index (κ3) is 7.37. The first-order valence-electron chi connectivity index (χ1n) is 8.34. The standard InChI is InChI=1S/C18H31NO2/c1-4-6-7-8-9-10-13-21-17-12-11-16(15-19-3)14-18(17)20-5-2/h11-12,14,19H,4-10,13,15H2,1-3H3. The minimum absolute atomic E-state index is 0.663. The van der Waals surface area contributed by atoms with Crippen molar-refractivity contribution >= 4 is 0 Å². The molecular weight excluding hydrogens is 262 g/mol. The molecule has 0 radical (unpaired) electrons. The van der Waals surface area contributed by atoms with Crippen LogP contribution in [0.4, 0.5) is 0 Å². The largest absolute Gasteiger partial charge is 0.490 e. The van der Waals surface area contributed by atoms with E-state index in [0.29, 0.717) is 6.61 Å². The molecule has 0 fully saturated rings. The Morgan fingerprint density at radius 1 is 0.905 bits per heavy atom. The van der Waals surface area contributed by atoms with Crippen LogP contribution in [0.25, 0.3) is 0 Å². The Hall–Kier alpha value is -1.22. The summed E-state index contributed by atoms with van der Waals surface area (Å²) >= 11 is 0. The fourth-order valence-electron chi connectivity index (χ4n) is 2.32. The van der Waals surface area contributed by atoms with Gasteiger partial charge in [0.05, 0.1) is 13.2 Å². The summed E-state index contributed by atoms with van der Waals surface area (Å²) in [6.07, 6.45) is 7.68. The quantitative estimate of drug-likeness (QED) is 0.574. The summed E-state index contributed by atoms with van der Waals surface area (Å²) in [5, 5.41) is 3.15. The van der Waals surface area contributed by atoms with Crippen molar-refractivity contribution in [3.8, 4) is 11.5 Å². The van der Waals surface area contributed by atoms with Gasteiger partial charge in [-0.2, -0.15) is 0 Å². The molecule has 3 nitrogen and oxygen atoms in total. The average molecular weight is 293 g/mol. The number of hydrogen-bond donors (Lipinski definition) is 1. The molecule has 1 aromatic rings. The van der Waals surface area contributed by atoms with E-state index in [-0.39, 0.29) is 0 Å². The molecule has 1 aromatic carbocycles. The van der Waals surface area contributed by atoms with Gasteiger partial charge < -0.3 is 14.8 Å². The third-order valence-corrected chi connectivity index (χ3v) is 3.44. The van der Waals surface area contributed by atoms with Gasteiger partial charge in [0, 0.05) is 6.54 Å². The van der Waals surface area contributed by atoms with E-state index in [1.807, 2.05) is 20.0 Å². The minimum atomic E-state index is 0.663. The van der Waals surface area contributed by atoms with Gasteiger partial charge in [-0.1, -0.05) is 45.1 Å². The Morgan fingerprint density at radius 3 is 2.38 bits per heavy atom. The van der Waals surface area contributed by atoms with Crippen LogP contribution in [0.2, 0.25) is 0 Å². The lowest BCUT2D eigenvalue weighted by Crippen LogP contribution is -2.06. The first-order chi connectivity index (χ1) is 10.3. The van der Waals surface area contributed by atoms with E-state index in [4.69, 9.17) is 9.47 Å². The van der Waals surface area contributed by atoms with E-state index in [0.717, 1.165) is 31.1 Å². The lowest BCUT2D eigenvalue weighted by Gasteiger charge is -2.13. The molecular formula is C18H31NO2. The van der Waals surface area contributed by atoms with Gasteiger partial charge in [0.25, 0.3) is 0 Å². The SMILES string of the molecule is CCCCCCCCOc1ccc(CNC)cc1OCC. The zero-order chi connectivity index (χ0) is 15.3. The zero-order valence-electron chi connectivity index (χ0n) is 13.9. The second-order valence-corrected chi connectivity index (χ2v) is 5.36. The molecule has 21 heavy (non-hydrogen) atoms. The monoisotopic (exact) mass is 293 g/mol. The number of benzene rings is 1. The number of unbranched alkanes of at least 4 members (excludes halogenated alkanes) is 5. The molecule has 120 valence electrons. The third-order valence-electron chi connectivity index (χ3n) is 3.44. The van der Waals surface area contributed by atoms with Gasteiger partial charge in [-0.25, -0.2) is 0 Å². The summed E-state index contributed by atoms with van der Waals surface area (Å²) in [6.45, 7) is 6.53. The molecule has 0 heterocycles. The van der Waals surface area contributed by atoms with Gasteiger partial charge in [0.1, 0.15) is 0 Å². The van der Waals surface area contributed by atoms with Crippen LogP contribution in [0.1, 0.15) is 57.9 Å². The maximum Gasteiger partial charge on any atom is 0.161 e. The predicted molar refractivity (Wildman–Crippen MR) is 89.2 cm³/mol. The van der Waals surface area contributed by atoms with E-state index in [9.17, 15) is 0 Å². The summed E-state index contributed by atoms with van der Waals surface area (Å²) in [4.78, 5) is 0. The van der Waals surface area contributed by atoms with Crippen LogP contribution in [-0.2, 0) is 6.54 Å². The molecule has 1 rings (SSSR count). The van der Waals surface area contributed by atoms with E-state index in [2.05, 4.69) is 24.4 Å². The summed E-state index contributed by atoms with van der Waals surface area (Å²) in [7, 11) is 1.95. The molecule has 0 aromatic heterocycles. The molecule has 3 heteroatoms. The molecule has 0 aliphatic carbocycles. The molecule has 0 amide bonds. The Morgan fingerprint density at radius 2 is 1.67 bits per heavy atom. The Kier molecular flexibility index (Phi) is 9.71. The van der Waals surface area contributed by atoms with Crippen molar-refractivity contribution in [1.82, 2.24) is 5.32 Å². The fourth-order valence-corrected chi connectivity index (χ4v) is 2.32. The molecule has 0 aliphatic heterocycles. The first kappa shape index (κ1) is 17.8. The van der Waals surface area contributed by atoms with Crippen molar-refractivity contribution < 1.29 is 9.47 Å². The van der Waals surface area contributed by atoms with E-state index < -0.39 is 0 Å². The minimum Gasteiger partial charge on any atom is -0.490 e. The van der Waals surface area contributed by atoms with Crippen LogP contribution in [0, 0.1) is 0 Å². The van der Waals surface area contributed by atoms with Crippen LogP contribution < -0.4 is 14.8 Å². The van der Waals surface area contributed by atoms with Gasteiger partial charge in [0.15, 0.2) is 11.5 Å². The molecule has 0 atom stereocenters. The average Bonchev–Trinajstić information content (AvgIpc) is 2.49. The van der Waals surface area contributed by atoms with E-state index in [1.165, 1.54) is 37.7 Å². The van der Waals surface area contributed by atoms with E-state index in [1.54, 1.807) is 0 Å². The first-order valence-corrected chi connectivity index (χ1v) is 8.34. The second-order valence-electron chi connectivity index (χ2n) is 5.36. The second kappa shape index (κ2) is 11.4. The molecule has 0 spiro atoms. The van der Waals surface area contributed by atoms with Gasteiger partial charge >= 0.3 is 0 Å². The van der Waals surface area contributed by atoms with E-state index >= 15 is 0 Å². The highest BCUT2D eigenvalue weighted by Crippen LogP contribution is 2.28. The number of nitrogens with one attached hydrogen (secondary N) is 1. The summed E-state index contributed by atoms with van der Waals surface area (Å²) in [5.74, 6) is 1.72. The lowest BCUT2D eigenvalue weighted by molar-refractivity contribution is 0.270. The summed E-state index contributed by atoms with van der Waals surface area (Å²) in [5.41, 5.74) is 1.22. The van der Waals surface area contributed by atoms with Gasteiger partial charge in [0.2, 0.25) is 0 Å². The topological polar surface area (TPSA) is 30.5 Å². The van der Waals surface area contributed by atoms with Gasteiger partial charge in [-0.15, -0.1) is 0 Å². The molecule has 0 unspecified atom stereocenters. The van der Waals surface area contributed by atoms with Crippen molar-refractivity contribution in [2.75, 3.05) is 20.3 Å². The van der Waals surface area contributed by atoms with Crippen molar-refractivity contribution in [2.24, 2.45) is 0 Å². The Bertz CT molecular complexity index is 379. The van der Waals surface area contributed by atoms with Crippen LogP contribution in [0.5, 0.6) is 11.5 Å². The van der Waals surface area contributed by atoms with Crippen molar-refractivity contribution in [1.29, 1.82) is 0 Å². The molecule has 0 aliphatic rings. The van der Waals surface area contributed by atoms with Crippen molar-refractivity contribution in [3.63, 3.8) is 0 Å². The maximum atomic E-state index is 5.88. The molecule has 0 saturated heterocycles. The summed E-state index contributed by atoms with van der Waals surface area (Å²) in [6, 6.07) is 6.18. The highest BCUT2D eigenvalue weighted by Gasteiger charge is 2.06. The van der Waals surface area contributed by atoms with Crippen LogP contribution in [0.15, 0.2) is 18.2 Å². The fraction of sp³-hybridized carbons (Fsp3) is 0.667. The highest BCUT2D eigenvalue weighted by atomic mass is 16.5. The van der Waals surface area contributed by atoms with Crippen molar-refractivity contribution in [3.05, 3.63) is 23.8 Å². The normalized spacial score (nSPS) is 10.6. The maximum absolute atomic E-state index is 5.88. The highest BCUT2D eigenvalue weighted by molar-refractivity contribution is 5.43. The molecule has 0 saturated carbocycles. The van der Waals surface area contributed by atoms with Crippen LogP contribution in [-0.4, -0.2) is 20.3 Å².